The van der Waals surface area contributed by atoms with Crippen molar-refractivity contribution in [3.05, 3.63) is 29.8 Å². The third-order valence-corrected chi connectivity index (χ3v) is 2.54. The maximum atomic E-state index is 11.0. The summed E-state index contributed by atoms with van der Waals surface area (Å²) in [6, 6.07) is 6.72. The zero-order valence-corrected chi connectivity index (χ0v) is 9.34. The molecule has 1 rings (SSSR count). The Balaban J connectivity index is 3.01. The standard InChI is InChI=1S/C11H15BO4/c1-11(2,10(13)14)7-8-5-3-4-6-9(8)12(15)16/h3-6,15-16H,7H2,1-2H3,(H,13,14). The third-order valence-electron chi connectivity index (χ3n) is 2.54. The lowest BCUT2D eigenvalue weighted by molar-refractivity contribution is -0.146. The minimum absolute atomic E-state index is 0.260. The summed E-state index contributed by atoms with van der Waals surface area (Å²) in [5, 5.41) is 27.3. The quantitative estimate of drug-likeness (QED) is 0.627. The molecule has 1 aromatic rings. The van der Waals surface area contributed by atoms with Crippen LogP contribution in [0.1, 0.15) is 19.4 Å². The first-order valence-electron chi connectivity index (χ1n) is 5.02. The summed E-state index contributed by atoms with van der Waals surface area (Å²) in [6.07, 6.45) is 0.260. The first-order chi connectivity index (χ1) is 7.34. The number of carboxylic acids is 1. The van der Waals surface area contributed by atoms with E-state index in [1.807, 2.05) is 0 Å². The van der Waals surface area contributed by atoms with E-state index in [0.29, 0.717) is 11.0 Å². The number of carboxylic acid groups (broad SMARTS) is 1. The minimum atomic E-state index is -1.57. The number of hydrogen-bond acceptors (Lipinski definition) is 3. The second-order valence-corrected chi connectivity index (χ2v) is 4.44. The number of benzene rings is 1. The fraction of sp³-hybridized carbons (Fsp3) is 0.364. The number of carbonyl (C=O) groups is 1. The zero-order valence-electron chi connectivity index (χ0n) is 9.34. The van der Waals surface area contributed by atoms with Crippen molar-refractivity contribution in [1.29, 1.82) is 0 Å². The van der Waals surface area contributed by atoms with E-state index < -0.39 is 18.5 Å². The molecule has 0 aliphatic heterocycles. The Morgan fingerprint density at radius 2 is 1.88 bits per heavy atom. The minimum Gasteiger partial charge on any atom is -0.481 e. The summed E-state index contributed by atoms with van der Waals surface area (Å²) in [5.74, 6) is -0.908. The summed E-state index contributed by atoms with van der Waals surface area (Å²) in [7, 11) is -1.57. The van der Waals surface area contributed by atoms with E-state index in [1.165, 1.54) is 0 Å². The van der Waals surface area contributed by atoms with Crippen molar-refractivity contribution in [2.75, 3.05) is 0 Å². The Morgan fingerprint density at radius 3 is 2.38 bits per heavy atom. The van der Waals surface area contributed by atoms with Crippen molar-refractivity contribution in [2.45, 2.75) is 20.3 Å². The van der Waals surface area contributed by atoms with E-state index in [2.05, 4.69) is 0 Å². The molecule has 0 saturated heterocycles. The van der Waals surface area contributed by atoms with E-state index in [1.54, 1.807) is 38.1 Å². The van der Waals surface area contributed by atoms with Gasteiger partial charge in [-0.2, -0.15) is 0 Å². The molecule has 0 bridgehead atoms. The highest BCUT2D eigenvalue weighted by Crippen LogP contribution is 2.21. The second kappa shape index (κ2) is 4.68. The van der Waals surface area contributed by atoms with Crippen LogP contribution in [0, 0.1) is 5.41 Å². The molecule has 86 valence electrons. The molecule has 5 heteroatoms. The van der Waals surface area contributed by atoms with Crippen LogP contribution in [0.4, 0.5) is 0 Å². The smallest absolute Gasteiger partial charge is 0.481 e. The number of aliphatic carboxylic acids is 1. The van der Waals surface area contributed by atoms with Crippen molar-refractivity contribution < 1.29 is 19.9 Å². The average Bonchev–Trinajstić information content (AvgIpc) is 2.17. The molecule has 0 radical (unpaired) electrons. The summed E-state index contributed by atoms with van der Waals surface area (Å²) < 4.78 is 0. The fourth-order valence-corrected chi connectivity index (χ4v) is 1.50. The molecule has 0 aliphatic rings. The van der Waals surface area contributed by atoms with Crippen LogP contribution < -0.4 is 5.46 Å². The second-order valence-electron chi connectivity index (χ2n) is 4.44. The van der Waals surface area contributed by atoms with Gasteiger partial charge in [0, 0.05) is 0 Å². The van der Waals surface area contributed by atoms with Gasteiger partial charge < -0.3 is 15.2 Å². The molecule has 0 unspecified atom stereocenters. The van der Waals surface area contributed by atoms with Crippen LogP contribution in [-0.2, 0) is 11.2 Å². The number of hydrogen-bond donors (Lipinski definition) is 3. The van der Waals surface area contributed by atoms with Gasteiger partial charge in [-0.3, -0.25) is 4.79 Å². The monoisotopic (exact) mass is 222 g/mol. The van der Waals surface area contributed by atoms with Crippen LogP contribution in [0.15, 0.2) is 24.3 Å². The van der Waals surface area contributed by atoms with Crippen molar-refractivity contribution in [1.82, 2.24) is 0 Å². The highest BCUT2D eigenvalue weighted by atomic mass is 16.4. The van der Waals surface area contributed by atoms with Crippen LogP contribution in [0.2, 0.25) is 0 Å². The molecule has 0 saturated carbocycles. The SMILES string of the molecule is CC(C)(Cc1ccccc1B(O)O)C(=O)O. The molecule has 0 amide bonds. The van der Waals surface area contributed by atoms with Crippen molar-refractivity contribution in [3.8, 4) is 0 Å². The Hall–Kier alpha value is -1.33. The average molecular weight is 222 g/mol. The van der Waals surface area contributed by atoms with Crippen LogP contribution >= 0.6 is 0 Å². The highest BCUT2D eigenvalue weighted by Gasteiger charge is 2.29. The van der Waals surface area contributed by atoms with Gasteiger partial charge in [-0.25, -0.2) is 0 Å². The van der Waals surface area contributed by atoms with Gasteiger partial charge >= 0.3 is 13.1 Å². The molecule has 4 nitrogen and oxygen atoms in total. The third kappa shape index (κ3) is 2.84. The van der Waals surface area contributed by atoms with Crippen LogP contribution in [-0.4, -0.2) is 28.2 Å². The lowest BCUT2D eigenvalue weighted by Crippen LogP contribution is -2.36. The van der Waals surface area contributed by atoms with Crippen molar-refractivity contribution in [3.63, 3.8) is 0 Å². The highest BCUT2D eigenvalue weighted by molar-refractivity contribution is 6.59. The molecule has 0 fully saturated rings. The largest absolute Gasteiger partial charge is 0.488 e. The van der Waals surface area contributed by atoms with E-state index in [0.717, 1.165) is 0 Å². The molecule has 0 atom stereocenters. The molecule has 0 aliphatic carbocycles. The Morgan fingerprint density at radius 1 is 1.31 bits per heavy atom. The fourth-order valence-electron chi connectivity index (χ4n) is 1.50. The molecule has 16 heavy (non-hydrogen) atoms. The van der Waals surface area contributed by atoms with Gasteiger partial charge in [-0.05, 0) is 31.3 Å². The Labute approximate surface area is 94.7 Å². The maximum absolute atomic E-state index is 11.0. The first-order valence-corrected chi connectivity index (χ1v) is 5.02. The van der Waals surface area contributed by atoms with Crippen LogP contribution in [0.5, 0.6) is 0 Å². The van der Waals surface area contributed by atoms with E-state index in [9.17, 15) is 4.79 Å². The molecule has 0 aromatic heterocycles. The Bertz CT molecular complexity index is 387. The van der Waals surface area contributed by atoms with Crippen LogP contribution in [0.25, 0.3) is 0 Å². The summed E-state index contributed by atoms with van der Waals surface area (Å²) in [4.78, 5) is 11.0. The first kappa shape index (κ1) is 12.7. The van der Waals surface area contributed by atoms with Gasteiger partial charge in [0.1, 0.15) is 0 Å². The van der Waals surface area contributed by atoms with Gasteiger partial charge in [0.05, 0.1) is 5.41 Å². The summed E-state index contributed by atoms with van der Waals surface area (Å²) >= 11 is 0. The number of rotatable bonds is 4. The summed E-state index contributed by atoms with van der Waals surface area (Å²) in [6.45, 7) is 3.21. The van der Waals surface area contributed by atoms with Crippen molar-refractivity contribution in [2.24, 2.45) is 5.41 Å². The molecule has 1 aromatic carbocycles. The lowest BCUT2D eigenvalue weighted by Gasteiger charge is -2.20. The molecule has 3 N–H and O–H groups in total. The Kier molecular flexibility index (Phi) is 3.72. The topological polar surface area (TPSA) is 77.8 Å². The zero-order chi connectivity index (χ0) is 12.3. The predicted octanol–water partition coefficient (Wildman–Crippen LogP) is 0.0197. The van der Waals surface area contributed by atoms with Gasteiger partial charge in [-0.15, -0.1) is 0 Å². The molecule has 0 heterocycles. The van der Waals surface area contributed by atoms with Gasteiger partial charge in [0.15, 0.2) is 0 Å². The molecule has 0 spiro atoms. The lowest BCUT2D eigenvalue weighted by atomic mass is 9.73. The summed E-state index contributed by atoms with van der Waals surface area (Å²) in [5.41, 5.74) is 0.0760. The molecular formula is C11H15BO4. The van der Waals surface area contributed by atoms with E-state index in [4.69, 9.17) is 15.2 Å². The van der Waals surface area contributed by atoms with E-state index >= 15 is 0 Å². The normalized spacial score (nSPS) is 11.2. The van der Waals surface area contributed by atoms with Gasteiger partial charge in [-0.1, -0.05) is 24.3 Å². The maximum Gasteiger partial charge on any atom is 0.488 e. The molecular weight excluding hydrogens is 207 g/mol. The van der Waals surface area contributed by atoms with Crippen LogP contribution in [0.3, 0.4) is 0 Å². The van der Waals surface area contributed by atoms with Gasteiger partial charge in [0.25, 0.3) is 0 Å². The van der Waals surface area contributed by atoms with E-state index in [-0.39, 0.29) is 6.42 Å². The van der Waals surface area contributed by atoms with Crippen molar-refractivity contribution >= 4 is 18.6 Å². The van der Waals surface area contributed by atoms with Gasteiger partial charge in [0.2, 0.25) is 0 Å². The predicted molar refractivity (Wildman–Crippen MR) is 61.4 cm³/mol.